The quantitative estimate of drug-likeness (QED) is 0.110. The van der Waals surface area contributed by atoms with E-state index in [-0.39, 0.29) is 5.92 Å². The van der Waals surface area contributed by atoms with Crippen LogP contribution in [-0.4, -0.2) is 9.13 Å². The van der Waals surface area contributed by atoms with E-state index in [1.165, 1.54) is 43.7 Å². The lowest BCUT2D eigenvalue weighted by atomic mass is 9.95. The minimum atomic E-state index is 0.242. The molecule has 0 amide bonds. The lowest BCUT2D eigenvalue weighted by molar-refractivity contribution is 0.864. The highest BCUT2D eigenvalue weighted by Gasteiger charge is 2.21. The third-order valence-corrected chi connectivity index (χ3v) is 8.75. The summed E-state index contributed by atoms with van der Waals surface area (Å²) in [4.78, 5) is 0. The Morgan fingerprint density at radius 3 is 1.96 bits per heavy atom. The van der Waals surface area contributed by atoms with E-state index in [2.05, 4.69) is 162 Å². The Bertz CT molecular complexity index is 2320. The Labute approximate surface area is 270 Å². The van der Waals surface area contributed by atoms with Crippen molar-refractivity contribution >= 4 is 55.4 Å². The second kappa shape index (κ2) is 12.6. The van der Waals surface area contributed by atoms with Gasteiger partial charge in [-0.15, -0.1) is 6.58 Å². The molecule has 222 valence electrons. The molecule has 46 heavy (non-hydrogen) atoms. The van der Waals surface area contributed by atoms with Crippen LogP contribution < -0.4 is 0 Å². The highest BCUT2D eigenvalue weighted by Crippen LogP contribution is 2.42. The van der Waals surface area contributed by atoms with Crippen molar-refractivity contribution in [1.29, 1.82) is 0 Å². The van der Waals surface area contributed by atoms with Gasteiger partial charge in [-0.3, -0.25) is 0 Å². The van der Waals surface area contributed by atoms with Crippen LogP contribution in [0.4, 0.5) is 0 Å². The average molecular weight is 593 g/mol. The number of hydrogen-bond donors (Lipinski definition) is 0. The number of rotatable bonds is 10. The van der Waals surface area contributed by atoms with E-state index in [1.54, 1.807) is 6.08 Å². The zero-order chi connectivity index (χ0) is 31.5. The molecule has 2 heteroatoms. The maximum atomic E-state index is 4.29. The van der Waals surface area contributed by atoms with Gasteiger partial charge in [-0.25, -0.2) is 0 Å². The third kappa shape index (κ3) is 5.04. The molecule has 0 aliphatic rings. The van der Waals surface area contributed by atoms with Crippen molar-refractivity contribution in [2.75, 3.05) is 0 Å². The van der Waals surface area contributed by atoms with Crippen molar-refractivity contribution in [3.8, 4) is 5.69 Å². The number of hydrogen-bond acceptors (Lipinski definition) is 0. The van der Waals surface area contributed by atoms with E-state index < -0.39 is 0 Å². The lowest BCUT2D eigenvalue weighted by Crippen LogP contribution is -2.00. The SMILES string of the molecule is C=C/C=C\C=C\C(CC=C)c1ccc(-n2c3ccccc3c3ccc4c5ccccc5n(/C(C=C)=C/c5ccccc5)c4c32)cc1. The molecule has 0 saturated heterocycles. The van der Waals surface area contributed by atoms with Crippen LogP contribution in [0.5, 0.6) is 0 Å². The predicted octanol–water partition coefficient (Wildman–Crippen LogP) is 12.0. The summed E-state index contributed by atoms with van der Waals surface area (Å²) in [5.74, 6) is 0.242. The van der Waals surface area contributed by atoms with E-state index in [1.807, 2.05) is 24.3 Å². The molecule has 1 unspecified atom stereocenters. The minimum Gasteiger partial charge on any atom is -0.307 e. The highest BCUT2D eigenvalue weighted by atomic mass is 15.0. The molecule has 0 aliphatic heterocycles. The summed E-state index contributed by atoms with van der Waals surface area (Å²) in [6.07, 6.45) is 17.1. The van der Waals surface area contributed by atoms with Crippen LogP contribution in [0.2, 0.25) is 0 Å². The first-order valence-electron chi connectivity index (χ1n) is 15.8. The highest BCUT2D eigenvalue weighted by molar-refractivity contribution is 6.24. The molecule has 0 fully saturated rings. The number of benzene rings is 5. The number of nitrogens with zero attached hydrogens (tertiary/aromatic N) is 2. The fourth-order valence-electron chi connectivity index (χ4n) is 6.69. The largest absolute Gasteiger partial charge is 0.307 e. The zero-order valence-electron chi connectivity index (χ0n) is 25.9. The summed E-state index contributed by atoms with van der Waals surface area (Å²) < 4.78 is 4.82. The molecule has 7 aromatic rings. The van der Waals surface area contributed by atoms with Crippen LogP contribution in [0.25, 0.3) is 61.1 Å². The molecule has 7 rings (SSSR count). The van der Waals surface area contributed by atoms with E-state index in [0.29, 0.717) is 0 Å². The van der Waals surface area contributed by atoms with Gasteiger partial charge < -0.3 is 9.13 Å². The van der Waals surface area contributed by atoms with E-state index in [4.69, 9.17) is 0 Å². The van der Waals surface area contributed by atoms with Crippen LogP contribution in [-0.2, 0) is 0 Å². The maximum Gasteiger partial charge on any atom is 0.0788 e. The topological polar surface area (TPSA) is 9.86 Å². The molecule has 0 spiro atoms. The summed E-state index contributed by atoms with van der Waals surface area (Å²) in [6.45, 7) is 12.1. The fraction of sp³-hybridized carbons (Fsp3) is 0.0455. The molecular formula is C44H36N2. The first kappa shape index (κ1) is 28.9. The molecule has 5 aromatic carbocycles. The minimum absolute atomic E-state index is 0.242. The number of aromatic nitrogens is 2. The fourth-order valence-corrected chi connectivity index (χ4v) is 6.69. The molecule has 1 atom stereocenters. The first-order valence-corrected chi connectivity index (χ1v) is 15.8. The van der Waals surface area contributed by atoms with Crippen molar-refractivity contribution in [2.24, 2.45) is 0 Å². The lowest BCUT2D eigenvalue weighted by Gasteiger charge is -2.15. The summed E-state index contributed by atoms with van der Waals surface area (Å²) in [6, 6.07) is 41.5. The second-order valence-electron chi connectivity index (χ2n) is 11.5. The molecule has 2 aromatic heterocycles. The van der Waals surface area contributed by atoms with Gasteiger partial charge >= 0.3 is 0 Å². The van der Waals surface area contributed by atoms with Gasteiger partial charge in [-0.2, -0.15) is 0 Å². The Kier molecular flexibility index (Phi) is 7.93. The molecule has 0 bridgehead atoms. The molecule has 0 radical (unpaired) electrons. The molecule has 2 heterocycles. The van der Waals surface area contributed by atoms with Gasteiger partial charge in [-0.05, 0) is 54.0 Å². The van der Waals surface area contributed by atoms with Crippen molar-refractivity contribution in [2.45, 2.75) is 12.3 Å². The zero-order valence-corrected chi connectivity index (χ0v) is 25.9. The van der Waals surface area contributed by atoms with Crippen LogP contribution in [0.15, 0.2) is 178 Å². The maximum absolute atomic E-state index is 4.29. The Morgan fingerprint density at radius 2 is 1.26 bits per heavy atom. The summed E-state index contributed by atoms with van der Waals surface area (Å²) >= 11 is 0. The van der Waals surface area contributed by atoms with Crippen LogP contribution in [0.3, 0.4) is 0 Å². The van der Waals surface area contributed by atoms with Gasteiger partial charge in [0.1, 0.15) is 0 Å². The second-order valence-corrected chi connectivity index (χ2v) is 11.5. The average Bonchev–Trinajstić information content (AvgIpc) is 3.62. The van der Waals surface area contributed by atoms with Gasteiger partial charge in [0, 0.05) is 38.8 Å². The third-order valence-electron chi connectivity index (χ3n) is 8.75. The van der Waals surface area contributed by atoms with Gasteiger partial charge in [0.2, 0.25) is 0 Å². The normalized spacial score (nSPS) is 13.0. The number of fused-ring (bicyclic) bond motifs is 7. The van der Waals surface area contributed by atoms with Crippen molar-refractivity contribution in [1.82, 2.24) is 9.13 Å². The smallest absolute Gasteiger partial charge is 0.0788 e. The molecule has 0 N–H and O–H groups in total. The standard InChI is InChI=1S/C44H36N2/c1-4-7-8-12-20-33(17-5-2)34-25-27-36(28-26-34)46-42-24-16-14-22-38(42)40-30-29-39-37-21-13-15-23-41(37)45(43(39)44(40)46)35(6-3)31-32-18-10-9-11-19-32/h4-16,18-31,33H,1-3,17H2/b8-7-,20-12+,35-31+. The Hall–Kier alpha value is -5.86. The van der Waals surface area contributed by atoms with Gasteiger partial charge in [-0.1, -0.05) is 141 Å². The molecule has 0 saturated carbocycles. The van der Waals surface area contributed by atoms with E-state index in [9.17, 15) is 0 Å². The van der Waals surface area contributed by atoms with Crippen LogP contribution >= 0.6 is 0 Å². The van der Waals surface area contributed by atoms with Crippen molar-refractivity contribution < 1.29 is 0 Å². The molecular weight excluding hydrogens is 556 g/mol. The molecule has 0 aliphatic carbocycles. The van der Waals surface area contributed by atoms with Gasteiger partial charge in [0.05, 0.1) is 22.1 Å². The Morgan fingerprint density at radius 1 is 0.609 bits per heavy atom. The summed E-state index contributed by atoms with van der Waals surface area (Å²) in [5.41, 5.74) is 9.23. The van der Waals surface area contributed by atoms with Crippen molar-refractivity contribution in [3.05, 3.63) is 189 Å². The molecule has 2 nitrogen and oxygen atoms in total. The predicted molar refractivity (Wildman–Crippen MR) is 201 cm³/mol. The summed E-state index contributed by atoms with van der Waals surface area (Å²) in [7, 11) is 0. The van der Waals surface area contributed by atoms with Crippen LogP contribution in [0.1, 0.15) is 23.5 Å². The first-order chi connectivity index (χ1) is 22.7. The van der Waals surface area contributed by atoms with Gasteiger partial charge in [0.25, 0.3) is 0 Å². The number of allylic oxidation sites excluding steroid dienone is 8. The van der Waals surface area contributed by atoms with E-state index >= 15 is 0 Å². The monoisotopic (exact) mass is 592 g/mol. The van der Waals surface area contributed by atoms with Crippen molar-refractivity contribution in [3.63, 3.8) is 0 Å². The van der Waals surface area contributed by atoms with Gasteiger partial charge in [0.15, 0.2) is 0 Å². The number of para-hydroxylation sites is 2. The Balaban J connectivity index is 1.52. The van der Waals surface area contributed by atoms with E-state index in [0.717, 1.165) is 28.9 Å². The van der Waals surface area contributed by atoms with Crippen LogP contribution in [0, 0.1) is 0 Å². The summed E-state index contributed by atoms with van der Waals surface area (Å²) in [5, 5.41) is 4.89.